The van der Waals surface area contributed by atoms with Gasteiger partial charge in [0.1, 0.15) is 5.75 Å². The summed E-state index contributed by atoms with van der Waals surface area (Å²) >= 11 is 0. The molecule has 0 radical (unpaired) electrons. The van der Waals surface area contributed by atoms with Gasteiger partial charge in [-0.05, 0) is 24.3 Å². The Morgan fingerprint density at radius 2 is 2.06 bits per heavy atom. The topological polar surface area (TPSA) is 26.5 Å². The summed E-state index contributed by atoms with van der Waals surface area (Å²) in [6.07, 6.45) is 2.10. The summed E-state index contributed by atoms with van der Waals surface area (Å²) in [6.45, 7) is 1.79. The van der Waals surface area contributed by atoms with Crippen molar-refractivity contribution in [3.05, 3.63) is 53.9 Å². The van der Waals surface area contributed by atoms with E-state index in [1.54, 1.807) is 7.11 Å². The Hall–Kier alpha value is -2.03. The maximum atomic E-state index is 5.40. The van der Waals surface area contributed by atoms with E-state index in [1.165, 1.54) is 5.69 Å². The second-order valence-electron chi connectivity index (χ2n) is 4.02. The first-order valence-electron chi connectivity index (χ1n) is 5.73. The van der Waals surface area contributed by atoms with Gasteiger partial charge in [-0.2, -0.15) is 0 Å². The van der Waals surface area contributed by atoms with Gasteiger partial charge in [-0.1, -0.05) is 12.1 Å². The molecule has 0 saturated heterocycles. The quantitative estimate of drug-likeness (QED) is 0.772. The molecular weight excluding hydrogens is 212 g/mol. The fourth-order valence-corrected chi connectivity index (χ4v) is 2.24. The van der Waals surface area contributed by atoms with Crippen molar-refractivity contribution < 1.29 is 4.74 Å². The second-order valence-corrected chi connectivity index (χ2v) is 4.02. The minimum absolute atomic E-state index is 0.828. The van der Waals surface area contributed by atoms with Crippen LogP contribution in [0.1, 0.15) is 11.3 Å². The molecule has 1 aliphatic heterocycles. The van der Waals surface area contributed by atoms with Crippen molar-refractivity contribution in [1.29, 1.82) is 0 Å². The molecule has 0 spiro atoms. The number of ether oxygens (including phenoxy) is 1. The van der Waals surface area contributed by atoms with Gasteiger partial charge in [-0.25, -0.2) is 0 Å². The third-order valence-corrected chi connectivity index (χ3v) is 3.05. The van der Waals surface area contributed by atoms with Crippen molar-refractivity contribution in [3.8, 4) is 5.75 Å². The summed E-state index contributed by atoms with van der Waals surface area (Å²) in [5, 5.41) is 0. The van der Waals surface area contributed by atoms with Crippen molar-refractivity contribution in [2.75, 3.05) is 13.7 Å². The molecule has 0 bridgehead atoms. The van der Waals surface area contributed by atoms with Crippen LogP contribution in [0.3, 0.4) is 0 Å². The van der Waals surface area contributed by atoms with Crippen LogP contribution in [-0.4, -0.2) is 23.9 Å². The Morgan fingerprint density at radius 3 is 2.94 bits per heavy atom. The van der Waals surface area contributed by atoms with Crippen molar-refractivity contribution in [3.63, 3.8) is 0 Å². The van der Waals surface area contributed by atoms with E-state index in [4.69, 9.17) is 4.74 Å². The molecule has 1 aromatic carbocycles. The Labute approximate surface area is 100 Å². The number of methoxy groups -OCH3 is 1. The van der Waals surface area contributed by atoms with Crippen molar-refractivity contribution in [2.45, 2.75) is 6.54 Å². The molecule has 17 heavy (non-hydrogen) atoms. The van der Waals surface area contributed by atoms with Crippen LogP contribution in [0.25, 0.3) is 0 Å². The minimum Gasteiger partial charge on any atom is -0.496 e. The number of hydrogen-bond acceptors (Lipinski definition) is 2. The number of aliphatic imine (C=N–C) groups is 1. The van der Waals surface area contributed by atoms with Crippen molar-refractivity contribution >= 4 is 5.71 Å². The first kappa shape index (κ1) is 10.1. The fourth-order valence-electron chi connectivity index (χ4n) is 2.24. The van der Waals surface area contributed by atoms with Crippen LogP contribution >= 0.6 is 0 Å². The molecule has 3 rings (SSSR count). The van der Waals surface area contributed by atoms with Gasteiger partial charge in [0.15, 0.2) is 0 Å². The molecule has 0 amide bonds. The number of nitrogens with zero attached hydrogens (tertiary/aromatic N) is 2. The molecule has 2 aromatic rings. The summed E-state index contributed by atoms with van der Waals surface area (Å²) in [5.41, 5.74) is 3.26. The van der Waals surface area contributed by atoms with Crippen LogP contribution in [0.15, 0.2) is 47.6 Å². The average molecular weight is 226 g/mol. The van der Waals surface area contributed by atoms with Gasteiger partial charge < -0.3 is 9.30 Å². The molecule has 1 aliphatic rings. The predicted molar refractivity (Wildman–Crippen MR) is 67.9 cm³/mol. The lowest BCUT2D eigenvalue weighted by molar-refractivity contribution is 0.414. The number of benzene rings is 1. The van der Waals surface area contributed by atoms with Crippen LogP contribution in [0.5, 0.6) is 5.75 Å². The molecule has 0 fully saturated rings. The van der Waals surface area contributed by atoms with Crippen LogP contribution in [0, 0.1) is 0 Å². The average Bonchev–Trinajstić information content (AvgIpc) is 2.86. The molecule has 3 nitrogen and oxygen atoms in total. The molecular formula is C14H14N2O. The van der Waals surface area contributed by atoms with Gasteiger partial charge in [-0.15, -0.1) is 0 Å². The van der Waals surface area contributed by atoms with Crippen LogP contribution in [0.4, 0.5) is 0 Å². The highest BCUT2D eigenvalue weighted by molar-refractivity contribution is 6.13. The van der Waals surface area contributed by atoms with Crippen LogP contribution < -0.4 is 4.74 Å². The van der Waals surface area contributed by atoms with Gasteiger partial charge in [0.05, 0.1) is 25.1 Å². The van der Waals surface area contributed by atoms with E-state index in [1.807, 2.05) is 18.2 Å². The highest BCUT2D eigenvalue weighted by Gasteiger charge is 2.17. The molecule has 1 aromatic heterocycles. The Balaban J connectivity index is 2.14. The fraction of sp³-hybridized carbons (Fsp3) is 0.214. The summed E-state index contributed by atoms with van der Waals surface area (Å²) in [6, 6.07) is 12.2. The van der Waals surface area contributed by atoms with Crippen LogP contribution in [-0.2, 0) is 6.54 Å². The molecule has 0 aliphatic carbocycles. The zero-order chi connectivity index (χ0) is 11.7. The first-order valence-corrected chi connectivity index (χ1v) is 5.73. The summed E-state index contributed by atoms with van der Waals surface area (Å²) in [4.78, 5) is 4.64. The van der Waals surface area contributed by atoms with E-state index in [-0.39, 0.29) is 0 Å². The third kappa shape index (κ3) is 1.64. The first-order chi connectivity index (χ1) is 8.40. The molecule has 0 saturated carbocycles. The lowest BCUT2D eigenvalue weighted by atomic mass is 10.1. The predicted octanol–water partition coefficient (Wildman–Crippen LogP) is 2.35. The SMILES string of the molecule is COc1ccccc1C1=NCCn2cccc21. The zero-order valence-electron chi connectivity index (χ0n) is 9.76. The van der Waals surface area contributed by atoms with E-state index in [9.17, 15) is 0 Å². The smallest absolute Gasteiger partial charge is 0.128 e. The van der Waals surface area contributed by atoms with Gasteiger partial charge in [-0.3, -0.25) is 4.99 Å². The maximum Gasteiger partial charge on any atom is 0.128 e. The van der Waals surface area contributed by atoms with E-state index in [2.05, 4.69) is 34.0 Å². The van der Waals surface area contributed by atoms with Crippen molar-refractivity contribution in [1.82, 2.24) is 4.57 Å². The molecule has 2 heterocycles. The van der Waals surface area contributed by atoms with Gasteiger partial charge in [0, 0.05) is 18.3 Å². The summed E-state index contributed by atoms with van der Waals surface area (Å²) in [5.74, 6) is 0.876. The summed E-state index contributed by atoms with van der Waals surface area (Å²) in [7, 11) is 1.70. The third-order valence-electron chi connectivity index (χ3n) is 3.05. The lowest BCUT2D eigenvalue weighted by Crippen LogP contribution is -2.18. The minimum atomic E-state index is 0.828. The second kappa shape index (κ2) is 4.09. The van der Waals surface area contributed by atoms with Gasteiger partial charge in [0.25, 0.3) is 0 Å². The molecule has 0 N–H and O–H groups in total. The molecule has 86 valence electrons. The normalized spacial score (nSPS) is 14.1. The highest BCUT2D eigenvalue weighted by Crippen LogP contribution is 2.23. The number of aromatic nitrogens is 1. The Bertz CT molecular complexity index is 569. The van der Waals surface area contributed by atoms with Gasteiger partial charge in [0.2, 0.25) is 0 Å². The lowest BCUT2D eigenvalue weighted by Gasteiger charge is -2.18. The number of hydrogen-bond donors (Lipinski definition) is 0. The largest absolute Gasteiger partial charge is 0.496 e. The Morgan fingerprint density at radius 1 is 1.18 bits per heavy atom. The Kier molecular flexibility index (Phi) is 2.44. The van der Waals surface area contributed by atoms with Crippen LogP contribution in [0.2, 0.25) is 0 Å². The maximum absolute atomic E-state index is 5.40. The number of para-hydroxylation sites is 1. The number of fused-ring (bicyclic) bond motifs is 1. The summed E-state index contributed by atoms with van der Waals surface area (Å²) < 4.78 is 7.63. The zero-order valence-corrected chi connectivity index (χ0v) is 9.76. The van der Waals surface area contributed by atoms with E-state index >= 15 is 0 Å². The standard InChI is InChI=1S/C14H14N2O/c1-17-13-7-3-2-5-11(13)14-12-6-4-9-16(12)10-8-15-14/h2-7,9H,8,10H2,1H3. The number of rotatable bonds is 2. The van der Waals surface area contributed by atoms with Gasteiger partial charge >= 0.3 is 0 Å². The van der Waals surface area contributed by atoms with E-state index in [0.717, 1.165) is 30.1 Å². The van der Waals surface area contributed by atoms with E-state index in [0.29, 0.717) is 0 Å². The van der Waals surface area contributed by atoms with Crippen molar-refractivity contribution in [2.24, 2.45) is 4.99 Å². The van der Waals surface area contributed by atoms with E-state index < -0.39 is 0 Å². The molecule has 0 atom stereocenters. The monoisotopic (exact) mass is 226 g/mol. The molecule has 0 unspecified atom stereocenters. The molecule has 3 heteroatoms. The highest BCUT2D eigenvalue weighted by atomic mass is 16.5.